The first kappa shape index (κ1) is 11.3. The number of anilines is 1. The zero-order valence-corrected chi connectivity index (χ0v) is 9.08. The minimum absolute atomic E-state index is 0.110. The number of aryl methyl sites for hydroxylation is 1. The minimum Gasteiger partial charge on any atom is -0.382 e. The van der Waals surface area contributed by atoms with E-state index < -0.39 is 0 Å². The number of rotatable bonds is 4. The number of carbonyl (C=O) groups excluding carboxylic acids is 1. The predicted octanol–water partition coefficient (Wildman–Crippen LogP) is 0.948. The average Bonchev–Trinajstić information content (AvgIpc) is 2.54. The van der Waals surface area contributed by atoms with E-state index in [0.29, 0.717) is 24.3 Å². The number of nitrogens with one attached hydrogen (secondary N) is 1. The fourth-order valence-electron chi connectivity index (χ4n) is 1.39. The SMILES string of the molecule is C=CCN(CC)C(=O)c1c(N)n[nH]c1C. The van der Waals surface area contributed by atoms with Gasteiger partial charge in [0.1, 0.15) is 5.56 Å². The first-order chi connectivity index (χ1) is 7.11. The Morgan fingerprint density at radius 3 is 2.80 bits per heavy atom. The normalized spacial score (nSPS) is 10.0. The van der Waals surface area contributed by atoms with Crippen molar-refractivity contribution in [1.82, 2.24) is 15.1 Å². The highest BCUT2D eigenvalue weighted by molar-refractivity contribution is 5.99. The zero-order valence-electron chi connectivity index (χ0n) is 9.08. The predicted molar refractivity (Wildman–Crippen MR) is 59.5 cm³/mol. The van der Waals surface area contributed by atoms with E-state index in [1.165, 1.54) is 0 Å². The molecule has 3 N–H and O–H groups in total. The lowest BCUT2D eigenvalue weighted by Gasteiger charge is -2.18. The van der Waals surface area contributed by atoms with Gasteiger partial charge in [-0.2, -0.15) is 5.10 Å². The van der Waals surface area contributed by atoms with Gasteiger partial charge in [0.05, 0.1) is 0 Å². The minimum atomic E-state index is -0.110. The number of H-pyrrole nitrogens is 1. The van der Waals surface area contributed by atoms with E-state index in [4.69, 9.17) is 5.73 Å². The number of nitrogens with two attached hydrogens (primary N) is 1. The molecule has 0 fully saturated rings. The molecule has 1 rings (SSSR count). The molecule has 1 heterocycles. The summed E-state index contributed by atoms with van der Waals surface area (Å²) in [7, 11) is 0. The molecule has 0 atom stereocenters. The first-order valence-corrected chi connectivity index (χ1v) is 4.82. The third-order valence-corrected chi connectivity index (χ3v) is 2.21. The lowest BCUT2D eigenvalue weighted by molar-refractivity contribution is 0.0782. The smallest absolute Gasteiger partial charge is 0.259 e. The summed E-state index contributed by atoms with van der Waals surface area (Å²) in [5, 5.41) is 6.48. The molecule has 15 heavy (non-hydrogen) atoms. The van der Waals surface area contributed by atoms with Crippen LogP contribution < -0.4 is 5.73 Å². The fraction of sp³-hybridized carbons (Fsp3) is 0.400. The molecule has 0 spiro atoms. The van der Waals surface area contributed by atoms with Gasteiger partial charge in [-0.3, -0.25) is 9.89 Å². The molecule has 1 aromatic rings. The van der Waals surface area contributed by atoms with Crippen LogP contribution in [-0.2, 0) is 0 Å². The number of likely N-dealkylation sites (N-methyl/N-ethyl adjacent to an activating group) is 1. The lowest BCUT2D eigenvalue weighted by Crippen LogP contribution is -2.31. The van der Waals surface area contributed by atoms with Crippen molar-refractivity contribution in [2.24, 2.45) is 0 Å². The number of aromatic nitrogens is 2. The van der Waals surface area contributed by atoms with Crippen LogP contribution in [0.3, 0.4) is 0 Å². The van der Waals surface area contributed by atoms with Gasteiger partial charge < -0.3 is 10.6 Å². The summed E-state index contributed by atoms with van der Waals surface area (Å²) in [6.45, 7) is 8.43. The summed E-state index contributed by atoms with van der Waals surface area (Å²) in [5.74, 6) is 0.140. The topological polar surface area (TPSA) is 75.0 Å². The van der Waals surface area contributed by atoms with Crippen LogP contribution in [0.15, 0.2) is 12.7 Å². The number of hydrogen-bond donors (Lipinski definition) is 2. The largest absolute Gasteiger partial charge is 0.382 e. The molecule has 0 aliphatic rings. The Morgan fingerprint density at radius 1 is 1.73 bits per heavy atom. The number of hydrogen-bond acceptors (Lipinski definition) is 3. The second-order valence-corrected chi connectivity index (χ2v) is 3.24. The molecular formula is C10H16N4O. The molecule has 0 aliphatic heterocycles. The molecule has 1 aromatic heterocycles. The van der Waals surface area contributed by atoms with Gasteiger partial charge >= 0.3 is 0 Å². The van der Waals surface area contributed by atoms with Crippen molar-refractivity contribution in [2.45, 2.75) is 13.8 Å². The van der Waals surface area contributed by atoms with Crippen molar-refractivity contribution in [2.75, 3.05) is 18.8 Å². The van der Waals surface area contributed by atoms with Crippen molar-refractivity contribution in [3.63, 3.8) is 0 Å². The highest BCUT2D eigenvalue weighted by Crippen LogP contribution is 2.14. The molecule has 0 unspecified atom stereocenters. The van der Waals surface area contributed by atoms with Crippen LogP contribution in [0.2, 0.25) is 0 Å². The summed E-state index contributed by atoms with van der Waals surface area (Å²) < 4.78 is 0. The summed E-state index contributed by atoms with van der Waals surface area (Å²) in [5.41, 5.74) is 6.77. The van der Waals surface area contributed by atoms with Crippen LogP contribution in [0, 0.1) is 6.92 Å². The molecule has 82 valence electrons. The standard InChI is InChI=1S/C10H16N4O/c1-4-6-14(5-2)10(15)8-7(3)12-13-9(8)11/h4H,1,5-6H2,2-3H3,(H3,11,12,13). The molecule has 0 aromatic carbocycles. The molecule has 0 radical (unpaired) electrons. The van der Waals surface area contributed by atoms with Crippen LogP contribution in [0.5, 0.6) is 0 Å². The summed E-state index contributed by atoms with van der Waals surface area (Å²) in [6.07, 6.45) is 1.69. The van der Waals surface area contributed by atoms with E-state index in [9.17, 15) is 4.79 Å². The Hall–Kier alpha value is -1.78. The van der Waals surface area contributed by atoms with Gasteiger partial charge in [0.2, 0.25) is 0 Å². The number of amides is 1. The molecule has 0 aliphatic carbocycles. The van der Waals surface area contributed by atoms with E-state index >= 15 is 0 Å². The zero-order chi connectivity index (χ0) is 11.4. The number of nitrogen functional groups attached to an aromatic ring is 1. The number of aromatic amines is 1. The van der Waals surface area contributed by atoms with Crippen LogP contribution in [0.25, 0.3) is 0 Å². The second kappa shape index (κ2) is 4.63. The van der Waals surface area contributed by atoms with Gasteiger partial charge in [-0.25, -0.2) is 0 Å². The highest BCUT2D eigenvalue weighted by Gasteiger charge is 2.20. The summed E-state index contributed by atoms with van der Waals surface area (Å²) in [6, 6.07) is 0. The Kier molecular flexibility index (Phi) is 3.49. The lowest BCUT2D eigenvalue weighted by atomic mass is 10.2. The highest BCUT2D eigenvalue weighted by atomic mass is 16.2. The summed E-state index contributed by atoms with van der Waals surface area (Å²) in [4.78, 5) is 13.7. The number of nitrogens with zero attached hydrogens (tertiary/aromatic N) is 2. The monoisotopic (exact) mass is 208 g/mol. The van der Waals surface area contributed by atoms with Crippen LogP contribution in [-0.4, -0.2) is 34.1 Å². The van der Waals surface area contributed by atoms with E-state index in [-0.39, 0.29) is 11.7 Å². The molecule has 5 heteroatoms. The van der Waals surface area contributed by atoms with Crippen LogP contribution >= 0.6 is 0 Å². The Balaban J connectivity index is 2.97. The maximum atomic E-state index is 12.0. The summed E-state index contributed by atoms with van der Waals surface area (Å²) >= 11 is 0. The Morgan fingerprint density at radius 2 is 2.40 bits per heavy atom. The third-order valence-electron chi connectivity index (χ3n) is 2.21. The van der Waals surface area contributed by atoms with Crippen molar-refractivity contribution >= 4 is 11.7 Å². The van der Waals surface area contributed by atoms with Crippen molar-refractivity contribution in [3.8, 4) is 0 Å². The Labute approximate surface area is 89.0 Å². The Bertz CT molecular complexity index is 350. The molecule has 1 amide bonds. The van der Waals surface area contributed by atoms with Gasteiger partial charge in [0.15, 0.2) is 5.82 Å². The quantitative estimate of drug-likeness (QED) is 0.723. The first-order valence-electron chi connectivity index (χ1n) is 4.82. The van der Waals surface area contributed by atoms with Gasteiger partial charge in [0, 0.05) is 18.8 Å². The van der Waals surface area contributed by atoms with Crippen molar-refractivity contribution < 1.29 is 4.79 Å². The molecule has 0 saturated heterocycles. The van der Waals surface area contributed by atoms with E-state index in [1.807, 2.05) is 6.92 Å². The maximum absolute atomic E-state index is 12.0. The van der Waals surface area contributed by atoms with Gasteiger partial charge in [0.25, 0.3) is 5.91 Å². The van der Waals surface area contributed by atoms with Crippen LogP contribution in [0.1, 0.15) is 23.0 Å². The van der Waals surface area contributed by atoms with Crippen molar-refractivity contribution in [3.05, 3.63) is 23.9 Å². The van der Waals surface area contributed by atoms with E-state index in [2.05, 4.69) is 16.8 Å². The maximum Gasteiger partial charge on any atom is 0.259 e. The fourth-order valence-corrected chi connectivity index (χ4v) is 1.39. The molecular weight excluding hydrogens is 192 g/mol. The third kappa shape index (κ3) is 2.18. The van der Waals surface area contributed by atoms with E-state index in [0.717, 1.165) is 0 Å². The van der Waals surface area contributed by atoms with Gasteiger partial charge in [-0.1, -0.05) is 6.08 Å². The van der Waals surface area contributed by atoms with E-state index in [1.54, 1.807) is 17.9 Å². The second-order valence-electron chi connectivity index (χ2n) is 3.24. The number of carbonyl (C=O) groups is 1. The average molecular weight is 208 g/mol. The van der Waals surface area contributed by atoms with Crippen LogP contribution in [0.4, 0.5) is 5.82 Å². The van der Waals surface area contributed by atoms with Gasteiger partial charge in [-0.15, -0.1) is 6.58 Å². The molecule has 0 saturated carbocycles. The molecule has 5 nitrogen and oxygen atoms in total. The van der Waals surface area contributed by atoms with Gasteiger partial charge in [-0.05, 0) is 13.8 Å². The van der Waals surface area contributed by atoms with Crippen molar-refractivity contribution in [1.29, 1.82) is 0 Å². The molecule has 0 bridgehead atoms.